The molecule has 0 bridgehead atoms. The summed E-state index contributed by atoms with van der Waals surface area (Å²) in [6, 6.07) is 0. The largest absolute Gasteiger partial charge is 0.462 e. The molecule has 1 aliphatic rings. The van der Waals surface area contributed by atoms with Crippen LogP contribution in [0.15, 0.2) is 11.8 Å². The van der Waals surface area contributed by atoms with Crippen molar-refractivity contribution in [1.29, 1.82) is 0 Å². The maximum Gasteiger partial charge on any atom is 0.345 e. The summed E-state index contributed by atoms with van der Waals surface area (Å²) in [6.07, 6.45) is 2.98. The van der Waals surface area contributed by atoms with Gasteiger partial charge in [0.2, 0.25) is 5.79 Å². The molecule has 7 heteroatoms. The molecule has 0 aromatic carbocycles. The number of aromatic nitrogens is 1. The molecule has 0 amide bonds. The van der Waals surface area contributed by atoms with Gasteiger partial charge in [0.25, 0.3) is 0 Å². The number of aryl methyl sites for hydroxylation is 1. The number of rotatable bonds is 5. The molecule has 0 spiro atoms. The van der Waals surface area contributed by atoms with Crippen LogP contribution in [0.5, 0.6) is 5.75 Å². The van der Waals surface area contributed by atoms with Crippen LogP contribution in [0.3, 0.4) is 0 Å². The van der Waals surface area contributed by atoms with Crippen LogP contribution in [-0.4, -0.2) is 35.9 Å². The molecule has 0 radical (unpaired) electrons. The SMILES string of the molecule is CCOC(=O)C(=Cc1cnc(C)c2c1COC(C)(C)O2)C(=O)OCC. The average Bonchev–Trinajstić information content (AvgIpc) is 2.54. The molecule has 0 atom stereocenters. The average molecular weight is 349 g/mol. The smallest absolute Gasteiger partial charge is 0.345 e. The van der Waals surface area contributed by atoms with Gasteiger partial charge in [-0.05, 0) is 26.8 Å². The number of fused-ring (bicyclic) bond motifs is 1. The number of carbonyl (C=O) groups is 2. The van der Waals surface area contributed by atoms with E-state index in [-0.39, 0.29) is 25.4 Å². The normalized spacial score (nSPS) is 14.8. The van der Waals surface area contributed by atoms with E-state index in [2.05, 4.69) is 4.98 Å². The molecule has 7 nitrogen and oxygen atoms in total. The van der Waals surface area contributed by atoms with Crippen LogP contribution in [-0.2, 0) is 30.4 Å². The Balaban J connectivity index is 2.50. The van der Waals surface area contributed by atoms with Gasteiger partial charge >= 0.3 is 11.9 Å². The Morgan fingerprint density at radius 1 is 1.24 bits per heavy atom. The lowest BCUT2D eigenvalue weighted by Gasteiger charge is -2.33. The fourth-order valence-electron chi connectivity index (χ4n) is 2.36. The molecule has 0 aliphatic carbocycles. The van der Waals surface area contributed by atoms with Crippen LogP contribution in [0.1, 0.15) is 44.5 Å². The second kappa shape index (κ2) is 7.65. The van der Waals surface area contributed by atoms with Gasteiger partial charge in [0.1, 0.15) is 11.3 Å². The van der Waals surface area contributed by atoms with Crippen molar-refractivity contribution in [1.82, 2.24) is 4.98 Å². The fourth-order valence-corrected chi connectivity index (χ4v) is 2.36. The van der Waals surface area contributed by atoms with E-state index in [1.165, 1.54) is 6.08 Å². The van der Waals surface area contributed by atoms with Gasteiger partial charge < -0.3 is 18.9 Å². The highest BCUT2D eigenvalue weighted by molar-refractivity contribution is 6.17. The number of pyridine rings is 1. The number of ether oxygens (including phenoxy) is 4. The van der Waals surface area contributed by atoms with Crippen LogP contribution in [0.2, 0.25) is 0 Å². The number of nitrogens with zero attached hydrogens (tertiary/aromatic N) is 1. The summed E-state index contributed by atoms with van der Waals surface area (Å²) in [4.78, 5) is 28.5. The van der Waals surface area contributed by atoms with E-state index >= 15 is 0 Å². The lowest BCUT2D eigenvalue weighted by molar-refractivity contribution is -0.180. The lowest BCUT2D eigenvalue weighted by Crippen LogP contribution is -2.36. The zero-order valence-corrected chi connectivity index (χ0v) is 15.2. The van der Waals surface area contributed by atoms with Gasteiger partial charge in [0.15, 0.2) is 0 Å². The predicted octanol–water partition coefficient (Wildman–Crippen LogP) is 2.54. The van der Waals surface area contributed by atoms with Gasteiger partial charge in [-0.2, -0.15) is 0 Å². The number of esters is 2. The second-order valence-corrected chi connectivity index (χ2v) is 5.90. The first-order chi connectivity index (χ1) is 11.8. The standard InChI is InChI=1S/C18H23NO6/c1-6-22-16(20)13(17(21)23-7-2)8-12-9-19-11(3)15-14(12)10-24-18(4,5)25-15/h8-9H,6-7,10H2,1-5H3. The van der Waals surface area contributed by atoms with E-state index in [1.807, 2.05) is 6.92 Å². The van der Waals surface area contributed by atoms with Crippen LogP contribution in [0.4, 0.5) is 0 Å². The van der Waals surface area contributed by atoms with Crippen molar-refractivity contribution in [3.8, 4) is 5.75 Å². The zero-order valence-electron chi connectivity index (χ0n) is 15.2. The molecule has 1 aromatic rings. The molecule has 2 heterocycles. The Morgan fingerprint density at radius 2 is 1.84 bits per heavy atom. The third kappa shape index (κ3) is 4.36. The molecule has 25 heavy (non-hydrogen) atoms. The molecule has 0 saturated heterocycles. The highest BCUT2D eigenvalue weighted by atomic mass is 16.7. The van der Waals surface area contributed by atoms with E-state index in [0.717, 1.165) is 5.56 Å². The summed E-state index contributed by atoms with van der Waals surface area (Å²) in [5.74, 6) is -1.66. The van der Waals surface area contributed by atoms with Crippen molar-refractivity contribution >= 4 is 18.0 Å². The van der Waals surface area contributed by atoms with Crippen molar-refractivity contribution in [2.45, 2.75) is 47.0 Å². The predicted molar refractivity (Wildman–Crippen MR) is 89.7 cm³/mol. The van der Waals surface area contributed by atoms with E-state index in [9.17, 15) is 9.59 Å². The maximum atomic E-state index is 12.1. The van der Waals surface area contributed by atoms with Crippen molar-refractivity contribution in [2.75, 3.05) is 13.2 Å². The topological polar surface area (TPSA) is 84.0 Å². The Morgan fingerprint density at radius 3 is 2.40 bits per heavy atom. The van der Waals surface area contributed by atoms with Crippen molar-refractivity contribution in [2.24, 2.45) is 0 Å². The van der Waals surface area contributed by atoms with Gasteiger partial charge in [0.05, 0.1) is 25.5 Å². The number of carbonyl (C=O) groups excluding carboxylic acids is 2. The molecule has 2 rings (SSSR count). The van der Waals surface area contributed by atoms with Crippen LogP contribution < -0.4 is 4.74 Å². The Labute approximate surface area is 146 Å². The monoisotopic (exact) mass is 349 g/mol. The van der Waals surface area contributed by atoms with Crippen molar-refractivity contribution in [3.63, 3.8) is 0 Å². The molecule has 1 aromatic heterocycles. The van der Waals surface area contributed by atoms with E-state index in [1.54, 1.807) is 33.9 Å². The first-order valence-corrected chi connectivity index (χ1v) is 8.16. The van der Waals surface area contributed by atoms with E-state index < -0.39 is 17.7 Å². The van der Waals surface area contributed by atoms with Gasteiger partial charge in [-0.25, -0.2) is 9.59 Å². The van der Waals surface area contributed by atoms with Crippen LogP contribution in [0, 0.1) is 6.92 Å². The minimum Gasteiger partial charge on any atom is -0.462 e. The van der Waals surface area contributed by atoms with Gasteiger partial charge in [0, 0.05) is 31.2 Å². The number of hydrogen-bond donors (Lipinski definition) is 0. The lowest BCUT2D eigenvalue weighted by atomic mass is 10.0. The van der Waals surface area contributed by atoms with Crippen LogP contribution in [0.25, 0.3) is 6.08 Å². The molecule has 0 fully saturated rings. The van der Waals surface area contributed by atoms with E-state index in [4.69, 9.17) is 18.9 Å². The zero-order chi connectivity index (χ0) is 18.6. The second-order valence-electron chi connectivity index (χ2n) is 5.90. The summed E-state index contributed by atoms with van der Waals surface area (Å²) in [5.41, 5.74) is 1.78. The number of hydrogen-bond acceptors (Lipinski definition) is 7. The maximum absolute atomic E-state index is 12.1. The molecule has 0 saturated carbocycles. The summed E-state index contributed by atoms with van der Waals surface area (Å²) >= 11 is 0. The summed E-state index contributed by atoms with van der Waals surface area (Å²) < 4.78 is 21.4. The minimum absolute atomic E-state index is 0.153. The first-order valence-electron chi connectivity index (χ1n) is 8.16. The molecule has 1 aliphatic heterocycles. The van der Waals surface area contributed by atoms with E-state index in [0.29, 0.717) is 17.0 Å². The molecule has 0 unspecified atom stereocenters. The third-order valence-electron chi connectivity index (χ3n) is 3.55. The van der Waals surface area contributed by atoms with Gasteiger partial charge in [-0.3, -0.25) is 4.98 Å². The first kappa shape index (κ1) is 18.9. The highest BCUT2D eigenvalue weighted by Gasteiger charge is 2.31. The molecule has 0 N–H and O–H groups in total. The molecular weight excluding hydrogens is 326 g/mol. The minimum atomic E-state index is -0.771. The summed E-state index contributed by atoms with van der Waals surface area (Å²) in [5, 5.41) is 0. The van der Waals surface area contributed by atoms with Crippen LogP contribution >= 0.6 is 0 Å². The fraction of sp³-hybridized carbons (Fsp3) is 0.500. The Bertz CT molecular complexity index is 688. The molecular formula is C18H23NO6. The summed E-state index contributed by atoms with van der Waals surface area (Å²) in [7, 11) is 0. The van der Waals surface area contributed by atoms with Crippen molar-refractivity contribution < 1.29 is 28.5 Å². The van der Waals surface area contributed by atoms with Gasteiger partial charge in [-0.1, -0.05) is 0 Å². The molecule has 136 valence electrons. The quantitative estimate of drug-likeness (QED) is 0.349. The third-order valence-corrected chi connectivity index (χ3v) is 3.55. The Hall–Kier alpha value is -2.41. The Kier molecular flexibility index (Phi) is 5.79. The summed E-state index contributed by atoms with van der Waals surface area (Å²) in [6.45, 7) is 9.35. The highest BCUT2D eigenvalue weighted by Crippen LogP contribution is 2.35. The van der Waals surface area contributed by atoms with Crippen molar-refractivity contribution in [3.05, 3.63) is 28.6 Å². The van der Waals surface area contributed by atoms with Gasteiger partial charge in [-0.15, -0.1) is 0 Å².